The molecule has 0 bridgehead atoms. The van der Waals surface area contributed by atoms with Crippen molar-refractivity contribution < 1.29 is 13.2 Å². The van der Waals surface area contributed by atoms with Crippen LogP contribution in [0.2, 0.25) is 0 Å². The van der Waals surface area contributed by atoms with E-state index in [1.165, 1.54) is 12.1 Å². The molecule has 0 amide bonds. The van der Waals surface area contributed by atoms with Crippen molar-refractivity contribution >= 4 is 11.5 Å². The first-order valence-electron chi connectivity index (χ1n) is 5.58. The Balaban J connectivity index is 2.16. The number of rotatable bonds is 3. The molecule has 3 N–H and O–H groups in total. The average molecular weight is 267 g/mol. The summed E-state index contributed by atoms with van der Waals surface area (Å²) in [4.78, 5) is 4.01. The molecule has 2 aromatic rings. The molecule has 1 heterocycles. The van der Waals surface area contributed by atoms with Crippen LogP contribution in [0.3, 0.4) is 0 Å². The lowest BCUT2D eigenvalue weighted by atomic mass is 10.1. The second-order valence-corrected chi connectivity index (χ2v) is 3.95. The van der Waals surface area contributed by atoms with Crippen molar-refractivity contribution in [2.24, 2.45) is 0 Å². The molecule has 3 nitrogen and oxygen atoms in total. The number of hydrogen-bond donors (Lipinski definition) is 2. The van der Waals surface area contributed by atoms with Gasteiger partial charge < -0.3 is 11.1 Å². The highest BCUT2D eigenvalue weighted by atomic mass is 19.4. The molecule has 0 saturated carbocycles. The van der Waals surface area contributed by atoms with Crippen molar-refractivity contribution in [2.45, 2.75) is 12.7 Å². The molecule has 6 heteroatoms. The van der Waals surface area contributed by atoms with E-state index in [1.54, 1.807) is 24.3 Å². The second-order valence-electron chi connectivity index (χ2n) is 3.95. The van der Waals surface area contributed by atoms with E-state index in [0.29, 0.717) is 11.5 Å². The molecule has 19 heavy (non-hydrogen) atoms. The number of benzene rings is 1. The number of nitrogens with zero attached hydrogens (tertiary/aromatic N) is 1. The van der Waals surface area contributed by atoms with Crippen molar-refractivity contribution in [1.29, 1.82) is 0 Å². The summed E-state index contributed by atoms with van der Waals surface area (Å²) < 4.78 is 38.3. The standard InChI is InChI=1S/C13H12F3N3/c14-13(15,16)10-5-1-2-6-11(10)18-8-9-4-3-7-12(17)19-9/h1-7,18H,8H2,(H2,17,19). The maximum atomic E-state index is 12.8. The number of hydrogen-bond acceptors (Lipinski definition) is 3. The predicted octanol–water partition coefficient (Wildman–Crippen LogP) is 3.29. The van der Waals surface area contributed by atoms with E-state index in [4.69, 9.17) is 5.73 Å². The molecule has 0 fully saturated rings. The minimum atomic E-state index is -4.38. The number of pyridine rings is 1. The smallest absolute Gasteiger partial charge is 0.384 e. The predicted molar refractivity (Wildman–Crippen MR) is 67.4 cm³/mol. The Hall–Kier alpha value is -2.24. The Morgan fingerprint density at radius 1 is 1.05 bits per heavy atom. The highest BCUT2D eigenvalue weighted by Gasteiger charge is 2.32. The number of nitrogens with one attached hydrogen (secondary N) is 1. The summed E-state index contributed by atoms with van der Waals surface area (Å²) in [5, 5.41) is 2.73. The fourth-order valence-corrected chi connectivity index (χ4v) is 1.67. The van der Waals surface area contributed by atoms with Crippen molar-refractivity contribution in [3.63, 3.8) is 0 Å². The molecular formula is C13H12F3N3. The first kappa shape index (κ1) is 13.2. The molecule has 0 aliphatic heterocycles. The third kappa shape index (κ3) is 3.37. The minimum absolute atomic E-state index is 0.0271. The van der Waals surface area contributed by atoms with E-state index in [-0.39, 0.29) is 12.2 Å². The summed E-state index contributed by atoms with van der Waals surface area (Å²) >= 11 is 0. The lowest BCUT2D eigenvalue weighted by Crippen LogP contribution is -2.11. The van der Waals surface area contributed by atoms with Gasteiger partial charge in [0.25, 0.3) is 0 Å². The summed E-state index contributed by atoms with van der Waals surface area (Å²) in [7, 11) is 0. The van der Waals surface area contributed by atoms with Crippen molar-refractivity contribution in [3.05, 3.63) is 53.7 Å². The van der Waals surface area contributed by atoms with Crippen molar-refractivity contribution in [2.75, 3.05) is 11.1 Å². The molecule has 0 spiro atoms. The van der Waals surface area contributed by atoms with Crippen LogP contribution in [-0.2, 0) is 12.7 Å². The van der Waals surface area contributed by atoms with E-state index >= 15 is 0 Å². The number of nitrogen functional groups attached to an aromatic ring is 1. The molecule has 0 unspecified atom stereocenters. The maximum absolute atomic E-state index is 12.8. The molecule has 1 aromatic carbocycles. The van der Waals surface area contributed by atoms with Gasteiger partial charge in [0, 0.05) is 5.69 Å². The fourth-order valence-electron chi connectivity index (χ4n) is 1.67. The zero-order valence-corrected chi connectivity index (χ0v) is 9.91. The Morgan fingerprint density at radius 3 is 2.47 bits per heavy atom. The topological polar surface area (TPSA) is 50.9 Å². The summed E-state index contributed by atoms with van der Waals surface area (Å²) in [5.74, 6) is 0.336. The number of alkyl halides is 3. The first-order chi connectivity index (χ1) is 8.97. The van der Waals surface area contributed by atoms with Gasteiger partial charge in [0.15, 0.2) is 0 Å². The van der Waals surface area contributed by atoms with Crippen LogP contribution in [-0.4, -0.2) is 4.98 Å². The van der Waals surface area contributed by atoms with E-state index in [9.17, 15) is 13.2 Å². The molecule has 0 aliphatic rings. The van der Waals surface area contributed by atoms with E-state index in [0.717, 1.165) is 6.07 Å². The molecule has 0 saturated heterocycles. The molecule has 100 valence electrons. The minimum Gasteiger partial charge on any atom is -0.384 e. The third-order valence-corrected chi connectivity index (χ3v) is 2.52. The summed E-state index contributed by atoms with van der Waals surface area (Å²) in [6.45, 7) is 0.179. The Kier molecular flexibility index (Phi) is 3.59. The number of halogens is 3. The van der Waals surface area contributed by atoms with Gasteiger partial charge in [0.2, 0.25) is 0 Å². The largest absolute Gasteiger partial charge is 0.418 e. The SMILES string of the molecule is Nc1cccc(CNc2ccccc2C(F)(F)F)n1. The fraction of sp³-hybridized carbons (Fsp3) is 0.154. The molecule has 2 rings (SSSR count). The number of para-hydroxylation sites is 1. The highest BCUT2D eigenvalue weighted by Crippen LogP contribution is 2.34. The van der Waals surface area contributed by atoms with E-state index in [1.807, 2.05) is 0 Å². The van der Waals surface area contributed by atoms with Crippen LogP contribution in [0.15, 0.2) is 42.5 Å². The summed E-state index contributed by atoms with van der Waals surface area (Å²) in [5.41, 5.74) is 5.42. The highest BCUT2D eigenvalue weighted by molar-refractivity contribution is 5.52. The average Bonchev–Trinajstić information content (AvgIpc) is 2.36. The summed E-state index contributed by atoms with van der Waals surface area (Å²) in [6, 6.07) is 10.3. The lowest BCUT2D eigenvalue weighted by molar-refractivity contribution is -0.136. The van der Waals surface area contributed by atoms with Crippen LogP contribution in [0.1, 0.15) is 11.3 Å². The Labute approximate surface area is 108 Å². The van der Waals surface area contributed by atoms with Crippen LogP contribution in [0, 0.1) is 0 Å². The third-order valence-electron chi connectivity index (χ3n) is 2.52. The molecule has 1 aromatic heterocycles. The monoisotopic (exact) mass is 267 g/mol. The zero-order chi connectivity index (χ0) is 13.9. The van der Waals surface area contributed by atoms with Crippen LogP contribution in [0.5, 0.6) is 0 Å². The molecule has 0 aliphatic carbocycles. The van der Waals surface area contributed by atoms with Gasteiger partial charge in [0.1, 0.15) is 5.82 Å². The second kappa shape index (κ2) is 5.17. The lowest BCUT2D eigenvalue weighted by Gasteiger charge is -2.14. The van der Waals surface area contributed by atoms with Crippen LogP contribution < -0.4 is 11.1 Å². The molecular weight excluding hydrogens is 255 g/mol. The van der Waals surface area contributed by atoms with Gasteiger partial charge in [-0.25, -0.2) is 4.98 Å². The molecule has 0 atom stereocenters. The number of nitrogens with two attached hydrogens (primary N) is 1. The molecule has 0 radical (unpaired) electrons. The van der Waals surface area contributed by atoms with Gasteiger partial charge in [-0.15, -0.1) is 0 Å². The van der Waals surface area contributed by atoms with Gasteiger partial charge >= 0.3 is 6.18 Å². The number of anilines is 2. The van der Waals surface area contributed by atoms with Crippen LogP contribution in [0.25, 0.3) is 0 Å². The van der Waals surface area contributed by atoms with Gasteiger partial charge in [-0.1, -0.05) is 18.2 Å². The summed E-state index contributed by atoms with van der Waals surface area (Å²) in [6.07, 6.45) is -4.38. The number of aromatic nitrogens is 1. The first-order valence-corrected chi connectivity index (χ1v) is 5.58. The van der Waals surface area contributed by atoms with Gasteiger partial charge in [-0.3, -0.25) is 0 Å². The van der Waals surface area contributed by atoms with E-state index in [2.05, 4.69) is 10.3 Å². The Morgan fingerprint density at radius 2 is 1.79 bits per heavy atom. The van der Waals surface area contributed by atoms with Gasteiger partial charge in [0.05, 0.1) is 17.8 Å². The Bertz CT molecular complexity index is 567. The zero-order valence-electron chi connectivity index (χ0n) is 9.91. The van der Waals surface area contributed by atoms with Crippen LogP contribution >= 0.6 is 0 Å². The van der Waals surface area contributed by atoms with Crippen LogP contribution in [0.4, 0.5) is 24.7 Å². The van der Waals surface area contributed by atoms with Crippen molar-refractivity contribution in [1.82, 2.24) is 4.98 Å². The van der Waals surface area contributed by atoms with Crippen molar-refractivity contribution in [3.8, 4) is 0 Å². The van der Waals surface area contributed by atoms with E-state index < -0.39 is 11.7 Å². The normalized spacial score (nSPS) is 11.3. The van der Waals surface area contributed by atoms with Gasteiger partial charge in [-0.2, -0.15) is 13.2 Å². The quantitative estimate of drug-likeness (QED) is 0.897. The maximum Gasteiger partial charge on any atom is 0.418 e. The van der Waals surface area contributed by atoms with Gasteiger partial charge in [-0.05, 0) is 24.3 Å².